The topological polar surface area (TPSA) is 3.01 Å². The summed E-state index contributed by atoms with van der Waals surface area (Å²) in [6, 6.07) is 20.5. The molecule has 0 atom stereocenters. The second-order valence-corrected chi connectivity index (χ2v) is 4.50. The summed E-state index contributed by atoms with van der Waals surface area (Å²) < 4.78 is 1.94. The van der Waals surface area contributed by atoms with Crippen molar-refractivity contribution in [3.63, 3.8) is 0 Å². The van der Waals surface area contributed by atoms with E-state index in [0.29, 0.717) is 6.54 Å². The SMILES string of the molecule is C#CC[N+](C)=C[C-]=C(c1ccccc1)c1ccccc1. The van der Waals surface area contributed by atoms with Crippen molar-refractivity contribution in [1.82, 2.24) is 0 Å². The van der Waals surface area contributed by atoms with Crippen LogP contribution >= 0.6 is 0 Å². The third-order valence-electron chi connectivity index (χ3n) is 2.89. The van der Waals surface area contributed by atoms with Gasteiger partial charge in [0, 0.05) is 0 Å². The molecule has 0 N–H and O–H groups in total. The average Bonchev–Trinajstić information content (AvgIpc) is 2.50. The highest BCUT2D eigenvalue weighted by Gasteiger charge is 1.94. The van der Waals surface area contributed by atoms with E-state index in [1.807, 2.05) is 54.2 Å². The summed E-state index contributed by atoms with van der Waals surface area (Å²) in [5, 5.41) is 0. The minimum Gasteiger partial charge on any atom is -0.238 e. The molecule has 0 saturated carbocycles. The molecule has 0 aromatic heterocycles. The predicted molar refractivity (Wildman–Crippen MR) is 84.6 cm³/mol. The van der Waals surface area contributed by atoms with E-state index in [1.165, 1.54) is 0 Å². The smallest absolute Gasteiger partial charge is 0.202 e. The lowest BCUT2D eigenvalue weighted by Crippen LogP contribution is -2.06. The fraction of sp³-hybridized carbons (Fsp3) is 0.105. The maximum atomic E-state index is 5.31. The van der Waals surface area contributed by atoms with Gasteiger partial charge in [0.1, 0.15) is 13.3 Å². The highest BCUT2D eigenvalue weighted by Crippen LogP contribution is 2.21. The predicted octanol–water partition coefficient (Wildman–Crippen LogP) is 3.27. The van der Waals surface area contributed by atoms with E-state index in [-0.39, 0.29) is 0 Å². The Morgan fingerprint density at radius 1 is 1.05 bits per heavy atom. The zero-order valence-corrected chi connectivity index (χ0v) is 11.6. The molecule has 2 rings (SSSR count). The van der Waals surface area contributed by atoms with Crippen LogP contribution in [0.25, 0.3) is 5.57 Å². The van der Waals surface area contributed by atoms with Gasteiger partial charge in [0.05, 0.1) is 0 Å². The Morgan fingerprint density at radius 2 is 1.55 bits per heavy atom. The van der Waals surface area contributed by atoms with Gasteiger partial charge in [-0.2, -0.15) is 5.57 Å². The highest BCUT2D eigenvalue weighted by molar-refractivity contribution is 5.86. The molecule has 0 heterocycles. The van der Waals surface area contributed by atoms with Crippen molar-refractivity contribution in [3.8, 4) is 12.3 Å². The Kier molecular flexibility index (Phi) is 4.92. The van der Waals surface area contributed by atoms with Crippen LogP contribution in [0.3, 0.4) is 0 Å². The monoisotopic (exact) mass is 259 g/mol. The first kappa shape index (κ1) is 13.8. The number of rotatable bonds is 4. The van der Waals surface area contributed by atoms with E-state index in [2.05, 4.69) is 36.3 Å². The Balaban J connectivity index is 2.44. The van der Waals surface area contributed by atoms with Crippen molar-refractivity contribution in [2.75, 3.05) is 13.6 Å². The van der Waals surface area contributed by atoms with Gasteiger partial charge in [-0.15, -0.1) is 47.9 Å². The third kappa shape index (κ3) is 3.70. The maximum absolute atomic E-state index is 5.31. The quantitative estimate of drug-likeness (QED) is 0.343. The van der Waals surface area contributed by atoms with Crippen LogP contribution in [0, 0.1) is 18.4 Å². The van der Waals surface area contributed by atoms with Crippen molar-refractivity contribution in [2.24, 2.45) is 0 Å². The van der Waals surface area contributed by atoms with Crippen molar-refractivity contribution in [3.05, 3.63) is 77.9 Å². The molecule has 1 heteroatoms. The van der Waals surface area contributed by atoms with E-state index >= 15 is 0 Å². The van der Waals surface area contributed by atoms with Crippen molar-refractivity contribution < 1.29 is 4.58 Å². The summed E-state index contributed by atoms with van der Waals surface area (Å²) >= 11 is 0. The van der Waals surface area contributed by atoms with E-state index in [0.717, 1.165) is 16.7 Å². The molecule has 0 amide bonds. The van der Waals surface area contributed by atoms with Crippen molar-refractivity contribution >= 4 is 11.8 Å². The van der Waals surface area contributed by atoms with Crippen molar-refractivity contribution in [2.45, 2.75) is 0 Å². The first-order valence-electron chi connectivity index (χ1n) is 6.52. The zero-order valence-electron chi connectivity index (χ0n) is 11.6. The zero-order chi connectivity index (χ0) is 14.2. The molecule has 98 valence electrons. The van der Waals surface area contributed by atoms with Gasteiger partial charge in [0.2, 0.25) is 6.54 Å². The number of allylic oxidation sites excluding steroid dienone is 1. The lowest BCUT2D eigenvalue weighted by Gasteiger charge is -2.17. The van der Waals surface area contributed by atoms with Crippen LogP contribution in [0.15, 0.2) is 60.7 Å². The van der Waals surface area contributed by atoms with Crippen LogP contribution in [0.2, 0.25) is 0 Å². The molecule has 0 radical (unpaired) electrons. The molecule has 2 aromatic carbocycles. The van der Waals surface area contributed by atoms with Crippen LogP contribution in [-0.2, 0) is 0 Å². The minimum atomic E-state index is 0.573. The van der Waals surface area contributed by atoms with Crippen LogP contribution in [-0.4, -0.2) is 24.4 Å². The maximum Gasteiger partial charge on any atom is 0.202 e. The summed E-state index contributed by atoms with van der Waals surface area (Å²) in [6.07, 6.45) is 10.6. The molecule has 0 spiro atoms. The fourth-order valence-electron chi connectivity index (χ4n) is 1.91. The number of terminal acetylenes is 1. The molecule has 0 aliphatic rings. The van der Waals surface area contributed by atoms with E-state index in [1.54, 1.807) is 0 Å². The summed E-state index contributed by atoms with van der Waals surface area (Å²) in [5.74, 6) is 2.62. The van der Waals surface area contributed by atoms with Gasteiger partial charge in [-0.1, -0.05) is 36.4 Å². The molecular formula is C19H17N. The normalized spacial score (nSPS) is 10.7. The Labute approximate surface area is 120 Å². The minimum absolute atomic E-state index is 0.573. The van der Waals surface area contributed by atoms with Gasteiger partial charge < -0.3 is 0 Å². The van der Waals surface area contributed by atoms with Gasteiger partial charge in [0.15, 0.2) is 0 Å². The van der Waals surface area contributed by atoms with Crippen LogP contribution < -0.4 is 0 Å². The lowest BCUT2D eigenvalue weighted by atomic mass is 9.98. The highest BCUT2D eigenvalue weighted by atomic mass is 14.9. The average molecular weight is 259 g/mol. The first-order chi connectivity index (χ1) is 9.81. The molecule has 0 unspecified atom stereocenters. The molecule has 0 aliphatic carbocycles. The van der Waals surface area contributed by atoms with Crippen LogP contribution in [0.1, 0.15) is 11.1 Å². The Bertz CT molecular complexity index is 602. The van der Waals surface area contributed by atoms with Gasteiger partial charge >= 0.3 is 0 Å². The summed E-state index contributed by atoms with van der Waals surface area (Å²) in [4.78, 5) is 0. The standard InChI is InChI=1S/C19H17N/c1-3-15-20(2)16-14-19(17-10-6-4-7-11-17)18-12-8-5-9-13-18/h1,4-13,16H,15H2,2H3. The largest absolute Gasteiger partial charge is 0.238 e. The third-order valence-corrected chi connectivity index (χ3v) is 2.89. The molecule has 1 nitrogen and oxygen atoms in total. The van der Waals surface area contributed by atoms with Crippen LogP contribution in [0.4, 0.5) is 0 Å². The van der Waals surface area contributed by atoms with Crippen molar-refractivity contribution in [1.29, 1.82) is 0 Å². The summed E-state index contributed by atoms with van der Waals surface area (Å²) in [5.41, 5.74) is 3.35. The molecule has 0 aliphatic heterocycles. The van der Waals surface area contributed by atoms with E-state index in [9.17, 15) is 0 Å². The number of hydrogen-bond donors (Lipinski definition) is 0. The second kappa shape index (κ2) is 7.11. The second-order valence-electron chi connectivity index (χ2n) is 4.50. The summed E-state index contributed by atoms with van der Waals surface area (Å²) in [6.45, 7) is 0.573. The molecule has 0 fully saturated rings. The van der Waals surface area contributed by atoms with Crippen LogP contribution in [0.5, 0.6) is 0 Å². The number of hydrogen-bond acceptors (Lipinski definition) is 0. The lowest BCUT2D eigenvalue weighted by molar-refractivity contribution is -0.478. The molecular weight excluding hydrogens is 242 g/mol. The molecule has 20 heavy (non-hydrogen) atoms. The Morgan fingerprint density at radius 3 is 2.00 bits per heavy atom. The molecule has 0 bridgehead atoms. The first-order valence-corrected chi connectivity index (χ1v) is 6.52. The van der Waals surface area contributed by atoms with E-state index < -0.39 is 0 Å². The fourth-order valence-corrected chi connectivity index (χ4v) is 1.91. The molecule has 0 saturated heterocycles. The summed E-state index contributed by atoms with van der Waals surface area (Å²) in [7, 11) is 1.94. The Hall–Kier alpha value is -2.59. The van der Waals surface area contributed by atoms with Gasteiger partial charge in [0.25, 0.3) is 0 Å². The van der Waals surface area contributed by atoms with Gasteiger partial charge in [-0.05, 0) is 5.92 Å². The van der Waals surface area contributed by atoms with E-state index in [4.69, 9.17) is 6.42 Å². The molecule has 2 aromatic rings. The number of benzene rings is 2. The van der Waals surface area contributed by atoms with Gasteiger partial charge in [-0.3, -0.25) is 0 Å². The number of nitrogens with zero attached hydrogens (tertiary/aromatic N) is 1. The van der Waals surface area contributed by atoms with Gasteiger partial charge in [-0.25, -0.2) is 4.58 Å².